The van der Waals surface area contributed by atoms with E-state index in [2.05, 4.69) is 30.1 Å². The number of aliphatic hydroxyl groups is 3. The van der Waals surface area contributed by atoms with Crippen LogP contribution in [0.2, 0.25) is 0 Å². The van der Waals surface area contributed by atoms with Crippen molar-refractivity contribution in [2.24, 2.45) is 5.92 Å². The molecule has 424 valence electrons. The van der Waals surface area contributed by atoms with Gasteiger partial charge in [0.05, 0.1) is 19.3 Å². The minimum atomic E-state index is -5.44. The number of aromatic nitrogens is 2. The molecule has 8 atom stereocenters. The first-order valence-corrected chi connectivity index (χ1v) is 30.1. The molecule has 1 aromatic heterocycles. The number of nitrogens with two attached hydrogens (primary N) is 1. The SMILES string of the molecule is CCCCC[C@@H](O)/C=C/C=C\C/C=C\C/C=C\CCCC(=O)OC[C@H](COP(=O)(O)OP(=O)(O)OC[C@H]1O[C@@H](n2ccc(N)nc2=O)[C@H](O)[C@@H]1O)OC(=O)CCCCCCCCCCCCCCCCCC(C)C. The number of rotatable bonds is 44. The fourth-order valence-electron chi connectivity index (χ4n) is 7.95. The van der Waals surface area contributed by atoms with Crippen LogP contribution in [0.5, 0.6) is 0 Å². The van der Waals surface area contributed by atoms with Crippen LogP contribution in [0.25, 0.3) is 0 Å². The molecule has 1 fully saturated rings. The Hall–Kier alpha value is -3.32. The maximum absolute atomic E-state index is 12.9. The summed E-state index contributed by atoms with van der Waals surface area (Å²) in [5.41, 5.74) is 4.59. The molecule has 1 saturated heterocycles. The number of allylic oxidation sites excluding steroid dienone is 7. The molecule has 0 aromatic carbocycles. The monoisotopic (exact) mass is 1090 g/mol. The van der Waals surface area contributed by atoms with Crippen molar-refractivity contribution in [3.8, 4) is 0 Å². The third-order valence-electron chi connectivity index (χ3n) is 12.2. The molecule has 1 aliphatic rings. The second-order valence-electron chi connectivity index (χ2n) is 19.4. The lowest BCUT2D eigenvalue weighted by Crippen LogP contribution is -2.36. The van der Waals surface area contributed by atoms with Crippen LogP contribution < -0.4 is 11.4 Å². The molecule has 2 rings (SSSR count). The summed E-state index contributed by atoms with van der Waals surface area (Å²) >= 11 is 0. The van der Waals surface area contributed by atoms with Gasteiger partial charge in [0.25, 0.3) is 0 Å². The summed E-state index contributed by atoms with van der Waals surface area (Å²) in [6, 6.07) is 1.24. The van der Waals surface area contributed by atoms with E-state index in [-0.39, 0.29) is 18.7 Å². The lowest BCUT2D eigenvalue weighted by molar-refractivity contribution is -0.161. The summed E-state index contributed by atoms with van der Waals surface area (Å²) in [5.74, 6) is -0.593. The van der Waals surface area contributed by atoms with E-state index in [1.54, 1.807) is 6.08 Å². The van der Waals surface area contributed by atoms with Gasteiger partial charge in [-0.2, -0.15) is 9.29 Å². The highest BCUT2D eigenvalue weighted by molar-refractivity contribution is 7.61. The molecule has 0 amide bonds. The number of unbranched alkanes of at least 4 members (excludes halogenated alkanes) is 17. The molecule has 0 spiro atoms. The fraction of sp³-hybridized carbons (Fsp3) is 0.736. The first-order valence-electron chi connectivity index (χ1n) is 27.1. The Balaban J connectivity index is 1.81. The van der Waals surface area contributed by atoms with Gasteiger partial charge < -0.3 is 45.1 Å². The molecule has 1 aromatic rings. The van der Waals surface area contributed by atoms with Gasteiger partial charge in [0.1, 0.15) is 30.7 Å². The molecule has 0 radical (unpaired) electrons. The smallest absolute Gasteiger partial charge is 0.462 e. The van der Waals surface area contributed by atoms with Gasteiger partial charge in [0.15, 0.2) is 12.3 Å². The number of hydrogen-bond donors (Lipinski definition) is 6. The maximum Gasteiger partial charge on any atom is 0.481 e. The normalized spacial score (nSPS) is 19.7. The topological polar surface area (TPSA) is 286 Å². The molecule has 74 heavy (non-hydrogen) atoms. The number of carbonyl (C=O) groups is 2. The summed E-state index contributed by atoms with van der Waals surface area (Å²) in [6.45, 7) is 4.32. The Bertz CT molecular complexity index is 1960. The lowest BCUT2D eigenvalue weighted by atomic mass is 10.0. The van der Waals surface area contributed by atoms with Crippen LogP contribution in [-0.2, 0) is 46.3 Å². The van der Waals surface area contributed by atoms with Crippen LogP contribution in [0.15, 0.2) is 65.7 Å². The maximum atomic E-state index is 12.9. The van der Waals surface area contributed by atoms with E-state index in [9.17, 15) is 48.6 Å². The molecule has 0 saturated carbocycles. The van der Waals surface area contributed by atoms with Crippen molar-refractivity contribution in [2.75, 3.05) is 25.6 Å². The van der Waals surface area contributed by atoms with E-state index in [0.29, 0.717) is 25.7 Å². The third-order valence-corrected chi connectivity index (χ3v) is 14.8. The van der Waals surface area contributed by atoms with Gasteiger partial charge in [0, 0.05) is 19.0 Å². The number of hydrogen-bond acceptors (Lipinski definition) is 16. The zero-order valence-corrected chi connectivity index (χ0v) is 46.2. The highest BCUT2D eigenvalue weighted by atomic mass is 31.3. The van der Waals surface area contributed by atoms with Gasteiger partial charge in [-0.25, -0.2) is 13.9 Å². The van der Waals surface area contributed by atoms with Crippen molar-refractivity contribution >= 4 is 33.4 Å². The van der Waals surface area contributed by atoms with Crippen LogP contribution in [0.4, 0.5) is 5.82 Å². The highest BCUT2D eigenvalue weighted by Gasteiger charge is 2.46. The van der Waals surface area contributed by atoms with E-state index < -0.39 is 89.8 Å². The predicted molar refractivity (Wildman–Crippen MR) is 285 cm³/mol. The lowest BCUT2D eigenvalue weighted by Gasteiger charge is -2.21. The average Bonchev–Trinajstić information content (AvgIpc) is 3.62. The number of ether oxygens (including phenoxy) is 3. The van der Waals surface area contributed by atoms with E-state index >= 15 is 0 Å². The summed E-state index contributed by atoms with van der Waals surface area (Å²) in [5, 5.41) is 30.9. The number of anilines is 1. The summed E-state index contributed by atoms with van der Waals surface area (Å²) < 4.78 is 56.8. The molecular weight excluding hydrogens is 997 g/mol. The quantitative estimate of drug-likeness (QED) is 0.0116. The van der Waals surface area contributed by atoms with E-state index in [0.717, 1.165) is 74.5 Å². The van der Waals surface area contributed by atoms with Crippen LogP contribution in [0, 0.1) is 5.92 Å². The molecule has 0 bridgehead atoms. The summed E-state index contributed by atoms with van der Waals surface area (Å²) in [7, 11) is -10.9. The Morgan fingerprint density at radius 1 is 0.743 bits per heavy atom. The van der Waals surface area contributed by atoms with Crippen LogP contribution in [0.1, 0.15) is 194 Å². The van der Waals surface area contributed by atoms with Gasteiger partial charge >= 0.3 is 33.3 Å². The molecule has 2 heterocycles. The minimum absolute atomic E-state index is 0.0308. The zero-order valence-electron chi connectivity index (χ0n) is 44.4. The Kier molecular flexibility index (Phi) is 36.1. The standard InChI is InChI=1S/C53H91N3O16P2/c1-4-5-28-34-44(57)35-30-25-21-17-13-11-15-18-22-26-31-36-48(58)67-40-45(70-49(59)37-32-27-23-19-14-10-8-6-7-9-12-16-20-24-29-33-43(2)3)41-68-73(63,64)72-74(65,66)69-42-46-50(60)51(61)52(71-46)56-39-38-47(54)55-53(56)62/h11,13,18,21-22,25,30,35,38-39,43-46,50-52,57,60-61H,4-10,12,14-17,19-20,23-24,26-29,31-34,36-37,40-42H2,1-3H3,(H,63,64)(H,65,66)(H2,54,55,62)/b13-11-,22-18-,25-21-,35-30+/t44-,45-,46-,50-,51-,52-/m1/s1. The second kappa shape index (κ2) is 40.0. The molecule has 0 aliphatic carbocycles. The largest absolute Gasteiger partial charge is 0.481 e. The van der Waals surface area contributed by atoms with Crippen molar-refractivity contribution in [2.45, 2.75) is 224 Å². The Labute approximate surface area is 440 Å². The number of aliphatic hydroxyl groups excluding tert-OH is 3. The van der Waals surface area contributed by atoms with Crippen LogP contribution in [0.3, 0.4) is 0 Å². The number of nitrogens with zero attached hydrogens (tertiary/aromatic N) is 2. The van der Waals surface area contributed by atoms with E-state index in [4.69, 9.17) is 29.0 Å². The van der Waals surface area contributed by atoms with Crippen molar-refractivity contribution in [3.63, 3.8) is 0 Å². The summed E-state index contributed by atoms with van der Waals surface area (Å²) in [6.07, 6.45) is 33.8. The number of carbonyl (C=O) groups excluding carboxylic acids is 2. The fourth-order valence-corrected chi connectivity index (χ4v) is 10.1. The Morgan fingerprint density at radius 3 is 1.93 bits per heavy atom. The molecule has 21 heteroatoms. The molecular formula is C53H91N3O16P2. The van der Waals surface area contributed by atoms with Crippen molar-refractivity contribution in [1.82, 2.24) is 9.55 Å². The van der Waals surface area contributed by atoms with E-state index in [1.165, 1.54) is 76.7 Å². The van der Waals surface area contributed by atoms with Crippen LogP contribution >= 0.6 is 15.6 Å². The molecule has 19 nitrogen and oxygen atoms in total. The molecule has 7 N–H and O–H groups in total. The number of nitrogen functional groups attached to an aromatic ring is 1. The number of phosphoric ester groups is 2. The minimum Gasteiger partial charge on any atom is -0.462 e. The second-order valence-corrected chi connectivity index (χ2v) is 22.5. The zero-order chi connectivity index (χ0) is 54.5. The molecule has 2 unspecified atom stereocenters. The first kappa shape index (κ1) is 66.8. The van der Waals surface area contributed by atoms with Crippen molar-refractivity contribution in [1.29, 1.82) is 0 Å². The Morgan fingerprint density at radius 2 is 1.31 bits per heavy atom. The van der Waals surface area contributed by atoms with Gasteiger partial charge in [0.2, 0.25) is 0 Å². The highest BCUT2D eigenvalue weighted by Crippen LogP contribution is 2.60. The molecule has 1 aliphatic heterocycles. The van der Waals surface area contributed by atoms with Gasteiger partial charge in [-0.3, -0.25) is 23.2 Å². The van der Waals surface area contributed by atoms with Crippen molar-refractivity contribution in [3.05, 3.63) is 71.4 Å². The first-order chi connectivity index (χ1) is 35.4. The average molecular weight is 1090 g/mol. The van der Waals surface area contributed by atoms with Gasteiger partial charge in [-0.15, -0.1) is 0 Å². The third kappa shape index (κ3) is 33.0. The van der Waals surface area contributed by atoms with Gasteiger partial charge in [-0.05, 0) is 50.5 Å². The van der Waals surface area contributed by atoms with Crippen molar-refractivity contribution < 1.29 is 71.4 Å². The van der Waals surface area contributed by atoms with E-state index in [1.807, 2.05) is 42.5 Å². The van der Waals surface area contributed by atoms with Gasteiger partial charge in [-0.1, -0.05) is 185 Å². The van der Waals surface area contributed by atoms with Crippen LogP contribution in [-0.4, -0.2) is 96.9 Å². The number of esters is 2. The number of phosphoric acid groups is 2. The summed E-state index contributed by atoms with van der Waals surface area (Å²) in [4.78, 5) is 62.0. The predicted octanol–water partition coefficient (Wildman–Crippen LogP) is 10.6.